The average Bonchev–Trinajstić information content (AvgIpc) is 2.98. The Morgan fingerprint density at radius 3 is 2.77 bits per heavy atom. The zero-order valence-corrected chi connectivity index (χ0v) is 15.7. The number of halogens is 3. The van der Waals surface area contributed by atoms with Crippen LogP contribution in [0.1, 0.15) is 12.8 Å². The molecular formula is C16H15Br2ClN2O. The van der Waals surface area contributed by atoms with Crippen LogP contribution in [-0.4, -0.2) is 24.2 Å². The molecule has 0 bridgehead atoms. The van der Waals surface area contributed by atoms with Gasteiger partial charge in [0.2, 0.25) is 0 Å². The summed E-state index contributed by atoms with van der Waals surface area (Å²) in [6.45, 7) is 1.67. The summed E-state index contributed by atoms with van der Waals surface area (Å²) in [5, 5.41) is 0.497. The van der Waals surface area contributed by atoms with Crippen LogP contribution in [0.3, 0.4) is 0 Å². The lowest BCUT2D eigenvalue weighted by Crippen LogP contribution is -2.34. The molecule has 0 aliphatic carbocycles. The molecule has 0 spiro atoms. The summed E-state index contributed by atoms with van der Waals surface area (Å²) in [4.78, 5) is 6.44. The van der Waals surface area contributed by atoms with Crippen molar-refractivity contribution in [3.05, 3.63) is 50.6 Å². The first kappa shape index (κ1) is 16.1. The molecule has 116 valence electrons. The number of benzene rings is 1. The lowest BCUT2D eigenvalue weighted by Gasteiger charge is -2.27. The van der Waals surface area contributed by atoms with Gasteiger partial charge in [-0.25, -0.2) is 4.98 Å². The molecule has 1 fully saturated rings. The van der Waals surface area contributed by atoms with Crippen molar-refractivity contribution in [3.8, 4) is 5.75 Å². The molecule has 3 nitrogen and oxygen atoms in total. The molecular weight excluding hydrogens is 431 g/mol. The third kappa shape index (κ3) is 3.58. The number of hydrogen-bond acceptors (Lipinski definition) is 3. The monoisotopic (exact) mass is 444 g/mol. The molecule has 1 saturated heterocycles. The number of ether oxygens (including phenoxy) is 1. The minimum absolute atomic E-state index is 0.346. The highest BCUT2D eigenvalue weighted by Crippen LogP contribution is 2.35. The maximum Gasteiger partial charge on any atom is 0.145 e. The first-order valence-electron chi connectivity index (χ1n) is 7.10. The van der Waals surface area contributed by atoms with Gasteiger partial charge in [0.15, 0.2) is 0 Å². The van der Waals surface area contributed by atoms with Gasteiger partial charge in [-0.2, -0.15) is 0 Å². The molecule has 0 amide bonds. The molecule has 2 heterocycles. The Labute approximate surface area is 151 Å². The molecule has 0 unspecified atom stereocenters. The Balaban J connectivity index is 1.70. The van der Waals surface area contributed by atoms with Crippen LogP contribution in [0.15, 0.2) is 45.5 Å². The minimum atomic E-state index is 0.346. The van der Waals surface area contributed by atoms with Gasteiger partial charge >= 0.3 is 0 Å². The van der Waals surface area contributed by atoms with Crippen LogP contribution in [0.4, 0.5) is 5.69 Å². The first-order valence-corrected chi connectivity index (χ1v) is 9.06. The van der Waals surface area contributed by atoms with Crippen molar-refractivity contribution in [2.75, 3.05) is 18.1 Å². The van der Waals surface area contributed by atoms with Crippen molar-refractivity contribution >= 4 is 49.1 Å². The van der Waals surface area contributed by atoms with Gasteiger partial charge in [0.25, 0.3) is 0 Å². The van der Waals surface area contributed by atoms with Gasteiger partial charge in [0, 0.05) is 17.2 Å². The normalized spacial score (nSPS) is 17.8. The van der Waals surface area contributed by atoms with Crippen molar-refractivity contribution in [1.82, 2.24) is 4.98 Å². The standard InChI is InChI=1S/C16H15Br2ClN2O/c17-11-3-5-13(6-4-11)22-10-12-2-1-9-21(12)14-7-8-20-16(19)15(14)18/h3-8,12H,1-2,9-10H2/t12-/m0/s1. The number of anilines is 1. The third-order valence-electron chi connectivity index (χ3n) is 3.77. The molecule has 6 heteroatoms. The highest BCUT2D eigenvalue weighted by Gasteiger charge is 2.27. The maximum absolute atomic E-state index is 6.11. The van der Waals surface area contributed by atoms with Crippen molar-refractivity contribution < 1.29 is 4.74 Å². The second-order valence-corrected chi connectivity index (χ2v) is 7.26. The van der Waals surface area contributed by atoms with Crippen molar-refractivity contribution in [3.63, 3.8) is 0 Å². The van der Waals surface area contributed by atoms with Crippen LogP contribution >= 0.6 is 43.5 Å². The Hall–Kier alpha value is -0.780. The quantitative estimate of drug-likeness (QED) is 0.596. The van der Waals surface area contributed by atoms with Gasteiger partial charge in [-0.05, 0) is 59.1 Å². The van der Waals surface area contributed by atoms with E-state index in [1.54, 1.807) is 6.20 Å². The summed E-state index contributed by atoms with van der Waals surface area (Å²) in [5.41, 5.74) is 1.09. The van der Waals surface area contributed by atoms with E-state index in [1.165, 1.54) is 0 Å². The van der Waals surface area contributed by atoms with Gasteiger partial charge in [-0.3, -0.25) is 0 Å². The number of nitrogens with zero attached hydrogens (tertiary/aromatic N) is 2. The molecule has 0 N–H and O–H groups in total. The van der Waals surface area contributed by atoms with Crippen LogP contribution in [-0.2, 0) is 0 Å². The number of aromatic nitrogens is 1. The largest absolute Gasteiger partial charge is 0.491 e. The van der Waals surface area contributed by atoms with E-state index in [-0.39, 0.29) is 0 Å². The van der Waals surface area contributed by atoms with Crippen LogP contribution in [0.5, 0.6) is 5.75 Å². The maximum atomic E-state index is 6.11. The molecule has 2 aromatic rings. The highest BCUT2D eigenvalue weighted by atomic mass is 79.9. The Morgan fingerprint density at radius 1 is 1.23 bits per heavy atom. The molecule has 1 aliphatic rings. The van der Waals surface area contributed by atoms with E-state index in [4.69, 9.17) is 16.3 Å². The summed E-state index contributed by atoms with van der Waals surface area (Å²) < 4.78 is 7.85. The molecule has 1 atom stereocenters. The number of pyridine rings is 1. The van der Waals surface area contributed by atoms with Crippen LogP contribution in [0, 0.1) is 0 Å². The lowest BCUT2D eigenvalue weighted by atomic mass is 10.2. The molecule has 1 aromatic carbocycles. The summed E-state index contributed by atoms with van der Waals surface area (Å²) >= 11 is 13.1. The SMILES string of the molecule is Clc1nccc(N2CCC[C@H]2COc2ccc(Br)cc2)c1Br. The van der Waals surface area contributed by atoms with Gasteiger partial charge in [-0.1, -0.05) is 27.5 Å². The van der Waals surface area contributed by atoms with Crippen LogP contribution in [0.2, 0.25) is 5.15 Å². The van der Waals surface area contributed by atoms with Gasteiger partial charge in [0.05, 0.1) is 16.2 Å². The third-order valence-corrected chi connectivity index (χ3v) is 5.59. The summed E-state index contributed by atoms with van der Waals surface area (Å²) in [7, 11) is 0. The molecule has 0 saturated carbocycles. The van der Waals surface area contributed by atoms with E-state index < -0.39 is 0 Å². The minimum Gasteiger partial charge on any atom is -0.491 e. The van der Waals surface area contributed by atoms with Gasteiger partial charge in [-0.15, -0.1) is 0 Å². The molecule has 22 heavy (non-hydrogen) atoms. The summed E-state index contributed by atoms with van der Waals surface area (Å²) in [6.07, 6.45) is 4.01. The highest BCUT2D eigenvalue weighted by molar-refractivity contribution is 9.11. The van der Waals surface area contributed by atoms with Crippen molar-refractivity contribution in [2.45, 2.75) is 18.9 Å². The second kappa shape index (κ2) is 7.20. The van der Waals surface area contributed by atoms with E-state index in [9.17, 15) is 0 Å². The first-order chi connectivity index (χ1) is 10.6. The molecule has 1 aromatic heterocycles. The predicted octanol–water partition coefficient (Wildman–Crippen LogP) is 5.31. The summed E-state index contributed by atoms with van der Waals surface area (Å²) in [6, 6.07) is 10.3. The smallest absolute Gasteiger partial charge is 0.145 e. The molecule has 1 aliphatic heterocycles. The van der Waals surface area contributed by atoms with E-state index in [1.807, 2.05) is 30.3 Å². The van der Waals surface area contributed by atoms with E-state index in [2.05, 4.69) is 41.7 Å². The fourth-order valence-electron chi connectivity index (χ4n) is 2.68. The average molecular weight is 447 g/mol. The fraction of sp³-hybridized carbons (Fsp3) is 0.312. The Kier molecular flexibility index (Phi) is 5.26. The Morgan fingerprint density at radius 2 is 2.00 bits per heavy atom. The van der Waals surface area contributed by atoms with Gasteiger partial charge < -0.3 is 9.64 Å². The van der Waals surface area contributed by atoms with E-state index in [0.29, 0.717) is 17.8 Å². The second-order valence-electron chi connectivity index (χ2n) is 5.19. The Bertz CT molecular complexity index is 651. The lowest BCUT2D eigenvalue weighted by molar-refractivity contribution is 0.288. The topological polar surface area (TPSA) is 25.4 Å². The van der Waals surface area contributed by atoms with Crippen LogP contribution < -0.4 is 9.64 Å². The van der Waals surface area contributed by atoms with E-state index in [0.717, 1.165) is 39.8 Å². The number of rotatable bonds is 4. The zero-order valence-electron chi connectivity index (χ0n) is 11.8. The van der Waals surface area contributed by atoms with Crippen LogP contribution in [0.25, 0.3) is 0 Å². The van der Waals surface area contributed by atoms with Gasteiger partial charge in [0.1, 0.15) is 17.5 Å². The number of hydrogen-bond donors (Lipinski definition) is 0. The fourth-order valence-corrected chi connectivity index (χ4v) is 3.56. The zero-order chi connectivity index (χ0) is 15.5. The molecule has 3 rings (SSSR count). The van der Waals surface area contributed by atoms with Crippen molar-refractivity contribution in [1.29, 1.82) is 0 Å². The molecule has 0 radical (unpaired) electrons. The van der Waals surface area contributed by atoms with Crippen molar-refractivity contribution in [2.24, 2.45) is 0 Å². The summed E-state index contributed by atoms with van der Waals surface area (Å²) in [5.74, 6) is 0.891. The predicted molar refractivity (Wildman–Crippen MR) is 97.0 cm³/mol. The van der Waals surface area contributed by atoms with E-state index >= 15 is 0 Å².